The summed E-state index contributed by atoms with van der Waals surface area (Å²) in [5.74, 6) is 0.578. The minimum atomic E-state index is -0.346. The lowest BCUT2D eigenvalue weighted by molar-refractivity contribution is 0.557. The molecule has 2 nitrogen and oxygen atoms in total. The van der Waals surface area contributed by atoms with E-state index in [1.807, 2.05) is 18.2 Å². The number of para-hydroxylation sites is 1. The largest absolute Gasteiger partial charge is 0.423 e. The van der Waals surface area contributed by atoms with Crippen LogP contribution in [0.25, 0.3) is 11.0 Å². The van der Waals surface area contributed by atoms with Crippen LogP contribution >= 0.6 is 23.4 Å². The number of hydrogen-bond donors (Lipinski definition) is 0. The molecule has 16 heavy (non-hydrogen) atoms. The molecular weight excluding hydrogens is 244 g/mol. The molecule has 0 atom stereocenters. The van der Waals surface area contributed by atoms with Gasteiger partial charge in [0.15, 0.2) is 0 Å². The molecule has 0 bridgehead atoms. The highest BCUT2D eigenvalue weighted by Crippen LogP contribution is 2.27. The van der Waals surface area contributed by atoms with Gasteiger partial charge in [0.25, 0.3) is 0 Å². The molecule has 2 rings (SSSR count). The monoisotopic (exact) mass is 252 g/mol. The predicted molar refractivity (Wildman–Crippen MR) is 68.2 cm³/mol. The van der Waals surface area contributed by atoms with Crippen LogP contribution in [0.5, 0.6) is 0 Å². The Balaban J connectivity index is 2.50. The molecule has 0 fully saturated rings. The molecule has 82 valence electrons. The van der Waals surface area contributed by atoms with E-state index in [0.717, 1.165) is 10.3 Å². The Morgan fingerprint density at radius 1 is 1.44 bits per heavy atom. The van der Waals surface area contributed by atoms with Crippen molar-refractivity contribution in [3.8, 4) is 0 Å². The van der Waals surface area contributed by atoms with Crippen molar-refractivity contribution >= 4 is 34.3 Å². The fourth-order valence-corrected chi connectivity index (χ4v) is 2.34. The third-order valence-electron chi connectivity index (χ3n) is 2.00. The highest BCUT2D eigenvalue weighted by Gasteiger charge is 2.05. The lowest BCUT2D eigenvalue weighted by Crippen LogP contribution is -1.97. The van der Waals surface area contributed by atoms with Crippen LogP contribution in [-0.2, 0) is 0 Å². The summed E-state index contributed by atoms with van der Waals surface area (Å²) in [4.78, 5) is 12.2. The van der Waals surface area contributed by atoms with Gasteiger partial charge >= 0.3 is 5.63 Å². The lowest BCUT2D eigenvalue weighted by atomic mass is 10.2. The van der Waals surface area contributed by atoms with Gasteiger partial charge < -0.3 is 4.42 Å². The molecule has 0 saturated carbocycles. The summed E-state index contributed by atoms with van der Waals surface area (Å²) in [5.41, 5.74) is 0.249. The molecule has 0 N–H and O–H groups in total. The Bertz CT molecular complexity index is 589. The first-order valence-electron chi connectivity index (χ1n) is 4.66. The first-order valence-corrected chi connectivity index (χ1v) is 6.02. The molecule has 4 heteroatoms. The number of fused-ring (bicyclic) bond motifs is 1. The summed E-state index contributed by atoms with van der Waals surface area (Å²) in [7, 11) is 0. The molecule has 0 aliphatic rings. The highest BCUT2D eigenvalue weighted by molar-refractivity contribution is 7.99. The first kappa shape index (κ1) is 11.3. The number of thioether (sulfide) groups is 1. The topological polar surface area (TPSA) is 30.2 Å². The van der Waals surface area contributed by atoms with E-state index in [2.05, 4.69) is 6.58 Å². The molecule has 0 amide bonds. The van der Waals surface area contributed by atoms with Crippen LogP contribution < -0.4 is 5.63 Å². The third-order valence-corrected chi connectivity index (χ3v) is 3.43. The highest BCUT2D eigenvalue weighted by atomic mass is 35.5. The van der Waals surface area contributed by atoms with E-state index in [1.165, 1.54) is 17.8 Å². The minimum absolute atomic E-state index is 0.346. The third kappa shape index (κ3) is 2.49. The fourth-order valence-electron chi connectivity index (χ4n) is 1.36. The minimum Gasteiger partial charge on any atom is -0.423 e. The normalized spacial score (nSPS) is 10.6. The van der Waals surface area contributed by atoms with E-state index >= 15 is 0 Å². The van der Waals surface area contributed by atoms with Crippen LogP contribution in [0.1, 0.15) is 0 Å². The summed E-state index contributed by atoms with van der Waals surface area (Å²) in [6.07, 6.45) is 0. The van der Waals surface area contributed by atoms with Gasteiger partial charge in [-0.1, -0.05) is 36.4 Å². The molecule has 2 aromatic rings. The van der Waals surface area contributed by atoms with Crippen molar-refractivity contribution in [2.24, 2.45) is 0 Å². The van der Waals surface area contributed by atoms with E-state index in [4.69, 9.17) is 16.0 Å². The van der Waals surface area contributed by atoms with Crippen LogP contribution in [0.3, 0.4) is 0 Å². The van der Waals surface area contributed by atoms with Crippen molar-refractivity contribution in [1.82, 2.24) is 0 Å². The maximum Gasteiger partial charge on any atom is 0.337 e. The summed E-state index contributed by atoms with van der Waals surface area (Å²) >= 11 is 7.18. The summed E-state index contributed by atoms with van der Waals surface area (Å²) in [6.45, 7) is 3.62. The molecule has 0 aliphatic heterocycles. The van der Waals surface area contributed by atoms with Crippen molar-refractivity contribution in [1.29, 1.82) is 0 Å². The Kier molecular flexibility index (Phi) is 3.36. The van der Waals surface area contributed by atoms with E-state index in [9.17, 15) is 4.79 Å². The van der Waals surface area contributed by atoms with Gasteiger partial charge in [0, 0.05) is 27.1 Å². The van der Waals surface area contributed by atoms with Crippen LogP contribution in [0.2, 0.25) is 0 Å². The second-order valence-corrected chi connectivity index (χ2v) is 4.78. The van der Waals surface area contributed by atoms with Crippen LogP contribution in [0, 0.1) is 0 Å². The van der Waals surface area contributed by atoms with Gasteiger partial charge in [-0.2, -0.15) is 0 Å². The van der Waals surface area contributed by atoms with Crippen molar-refractivity contribution < 1.29 is 4.42 Å². The summed E-state index contributed by atoms with van der Waals surface area (Å²) < 4.78 is 5.08. The SMILES string of the molecule is C=C(Cl)CSc1cc(=O)oc2ccccc12. The van der Waals surface area contributed by atoms with E-state index in [0.29, 0.717) is 16.4 Å². The van der Waals surface area contributed by atoms with Gasteiger partial charge in [-0.15, -0.1) is 11.8 Å². The first-order chi connectivity index (χ1) is 7.66. The Morgan fingerprint density at radius 3 is 2.94 bits per heavy atom. The molecule has 1 aromatic heterocycles. The Morgan fingerprint density at radius 2 is 2.19 bits per heavy atom. The maximum atomic E-state index is 11.3. The van der Waals surface area contributed by atoms with E-state index < -0.39 is 0 Å². The zero-order valence-corrected chi connectivity index (χ0v) is 9.98. The molecule has 1 aromatic carbocycles. The van der Waals surface area contributed by atoms with E-state index in [-0.39, 0.29) is 5.63 Å². The van der Waals surface area contributed by atoms with Crippen LogP contribution in [0.4, 0.5) is 0 Å². The van der Waals surface area contributed by atoms with Gasteiger partial charge in [0.05, 0.1) is 0 Å². The zero-order chi connectivity index (χ0) is 11.5. The van der Waals surface area contributed by atoms with Crippen LogP contribution in [0.15, 0.2) is 56.1 Å². The van der Waals surface area contributed by atoms with Crippen LogP contribution in [-0.4, -0.2) is 5.75 Å². The van der Waals surface area contributed by atoms with Crippen molar-refractivity contribution in [3.63, 3.8) is 0 Å². The average Bonchev–Trinajstić information content (AvgIpc) is 2.25. The van der Waals surface area contributed by atoms with Crippen molar-refractivity contribution in [2.45, 2.75) is 4.90 Å². The number of benzene rings is 1. The molecule has 0 spiro atoms. The smallest absolute Gasteiger partial charge is 0.337 e. The zero-order valence-electron chi connectivity index (χ0n) is 8.40. The molecule has 1 heterocycles. The van der Waals surface area contributed by atoms with Gasteiger partial charge in [-0.25, -0.2) is 4.79 Å². The summed E-state index contributed by atoms with van der Waals surface area (Å²) in [5, 5.41) is 1.48. The maximum absolute atomic E-state index is 11.3. The fraction of sp³-hybridized carbons (Fsp3) is 0.0833. The van der Waals surface area contributed by atoms with Crippen molar-refractivity contribution in [3.05, 3.63) is 52.4 Å². The second kappa shape index (κ2) is 4.76. The molecule has 0 saturated heterocycles. The molecular formula is C12H9ClO2S. The van der Waals surface area contributed by atoms with Gasteiger partial charge in [0.1, 0.15) is 5.58 Å². The second-order valence-electron chi connectivity index (χ2n) is 3.23. The lowest BCUT2D eigenvalue weighted by Gasteiger charge is -2.03. The van der Waals surface area contributed by atoms with Gasteiger partial charge in [-0.3, -0.25) is 0 Å². The molecule has 0 radical (unpaired) electrons. The molecule has 0 aliphatic carbocycles. The standard InChI is InChI=1S/C12H9ClO2S/c1-8(13)7-16-11-6-12(14)15-10-5-3-2-4-9(10)11/h2-6H,1,7H2. The van der Waals surface area contributed by atoms with E-state index in [1.54, 1.807) is 6.07 Å². The average molecular weight is 253 g/mol. The number of halogens is 1. The summed E-state index contributed by atoms with van der Waals surface area (Å²) in [6, 6.07) is 8.91. The quantitative estimate of drug-likeness (QED) is 0.617. The number of hydrogen-bond acceptors (Lipinski definition) is 3. The number of rotatable bonds is 3. The Labute approximate surface area is 102 Å². The Hall–Kier alpha value is -1.19. The van der Waals surface area contributed by atoms with Gasteiger partial charge in [0.2, 0.25) is 0 Å². The van der Waals surface area contributed by atoms with Crippen molar-refractivity contribution in [2.75, 3.05) is 5.75 Å². The van der Waals surface area contributed by atoms with Gasteiger partial charge in [-0.05, 0) is 6.07 Å². The molecule has 0 unspecified atom stereocenters. The predicted octanol–water partition coefficient (Wildman–Crippen LogP) is 3.64.